The molecule has 1 heterocycles. The van der Waals surface area contributed by atoms with Crippen molar-refractivity contribution in [3.8, 4) is 11.6 Å². The van der Waals surface area contributed by atoms with E-state index in [2.05, 4.69) is 36.8 Å². The summed E-state index contributed by atoms with van der Waals surface area (Å²) in [7, 11) is 0. The van der Waals surface area contributed by atoms with Gasteiger partial charge in [-0.15, -0.1) is 0 Å². The number of hydrogen-bond donors (Lipinski definition) is 0. The summed E-state index contributed by atoms with van der Waals surface area (Å²) in [6, 6.07) is 5.52. The molecule has 0 radical (unpaired) electrons. The lowest BCUT2D eigenvalue weighted by Gasteiger charge is -2.09. The average Bonchev–Trinajstić information content (AvgIpc) is 2.39. The first-order valence-corrected chi connectivity index (χ1v) is 7.22. The molecule has 0 aliphatic heterocycles. The van der Waals surface area contributed by atoms with Crippen LogP contribution in [0.1, 0.15) is 11.1 Å². The highest BCUT2D eigenvalue weighted by atomic mass is 79.9. The van der Waals surface area contributed by atoms with Crippen LogP contribution in [-0.4, -0.2) is 9.91 Å². The van der Waals surface area contributed by atoms with Crippen LogP contribution in [0.25, 0.3) is 0 Å². The minimum Gasteiger partial charge on any atom is -0.438 e. The summed E-state index contributed by atoms with van der Waals surface area (Å²) < 4.78 is 7.12. The molecule has 2 aromatic rings. The van der Waals surface area contributed by atoms with Crippen LogP contribution in [-0.2, 0) is 0 Å². The Morgan fingerprint density at radius 1 is 1.30 bits per heavy atom. The van der Waals surface area contributed by atoms with Crippen molar-refractivity contribution in [3.05, 3.63) is 54.6 Å². The number of aromatic nitrogens is 1. The highest BCUT2D eigenvalue weighted by molar-refractivity contribution is 9.10. The topological polar surface area (TPSA) is 65.3 Å². The monoisotopic (exact) mass is 400 g/mol. The Morgan fingerprint density at radius 2 is 2.00 bits per heavy atom. The summed E-state index contributed by atoms with van der Waals surface area (Å²) in [5.41, 5.74) is 1.46. The van der Waals surface area contributed by atoms with E-state index < -0.39 is 4.92 Å². The third-order valence-corrected chi connectivity index (χ3v) is 4.57. The number of rotatable bonds is 3. The van der Waals surface area contributed by atoms with Crippen LogP contribution < -0.4 is 4.74 Å². The van der Waals surface area contributed by atoms with Crippen LogP contribution in [0.3, 0.4) is 0 Å². The van der Waals surface area contributed by atoms with Gasteiger partial charge >= 0.3 is 0 Å². The number of benzene rings is 1. The molecule has 0 saturated heterocycles. The zero-order valence-corrected chi connectivity index (χ0v) is 13.9. The van der Waals surface area contributed by atoms with E-state index >= 15 is 0 Å². The number of hydrogen-bond acceptors (Lipinski definition) is 4. The fraction of sp³-hybridized carbons (Fsp3) is 0.154. The largest absolute Gasteiger partial charge is 0.438 e. The molecule has 0 spiro atoms. The maximum atomic E-state index is 10.8. The van der Waals surface area contributed by atoms with E-state index in [1.165, 1.54) is 6.20 Å². The van der Waals surface area contributed by atoms with Crippen LogP contribution >= 0.6 is 31.9 Å². The first-order chi connectivity index (χ1) is 9.40. The Labute approximate surface area is 132 Å². The third kappa shape index (κ3) is 2.99. The normalized spacial score (nSPS) is 10.4. The molecule has 0 atom stereocenters. The molecule has 0 saturated carbocycles. The van der Waals surface area contributed by atoms with Gasteiger partial charge in [0, 0.05) is 10.0 Å². The number of nitro groups is 1. The van der Waals surface area contributed by atoms with E-state index in [0.717, 1.165) is 10.0 Å². The van der Waals surface area contributed by atoms with Crippen molar-refractivity contribution >= 4 is 37.5 Å². The molecule has 1 aromatic heterocycles. The van der Waals surface area contributed by atoms with Gasteiger partial charge in [-0.3, -0.25) is 10.1 Å². The van der Waals surface area contributed by atoms with Gasteiger partial charge in [0.2, 0.25) is 5.88 Å². The van der Waals surface area contributed by atoms with Gasteiger partial charge in [0.25, 0.3) is 5.69 Å². The van der Waals surface area contributed by atoms with E-state index in [-0.39, 0.29) is 5.69 Å². The molecule has 0 amide bonds. The maximum absolute atomic E-state index is 10.8. The molecule has 5 nitrogen and oxygen atoms in total. The Bertz CT molecular complexity index is 690. The molecule has 20 heavy (non-hydrogen) atoms. The van der Waals surface area contributed by atoms with Gasteiger partial charge in [-0.1, -0.05) is 15.9 Å². The standard InChI is InChI=1S/C13H10Br2N2O3/c1-7-5-9(3-4-10(7)14)20-13-12(15)8(2)11(6-16-13)17(18)19/h3-6H,1-2H3. The summed E-state index contributed by atoms with van der Waals surface area (Å²) in [4.78, 5) is 14.3. The molecular weight excluding hydrogens is 392 g/mol. The number of pyridine rings is 1. The molecule has 104 valence electrons. The van der Waals surface area contributed by atoms with E-state index in [1.54, 1.807) is 13.0 Å². The van der Waals surface area contributed by atoms with Crippen molar-refractivity contribution in [1.29, 1.82) is 0 Å². The van der Waals surface area contributed by atoms with Gasteiger partial charge in [-0.05, 0) is 53.5 Å². The molecule has 2 rings (SSSR count). The second-order valence-electron chi connectivity index (χ2n) is 4.16. The lowest BCUT2D eigenvalue weighted by atomic mass is 10.2. The maximum Gasteiger partial charge on any atom is 0.291 e. The molecule has 0 aliphatic carbocycles. The van der Waals surface area contributed by atoms with Crippen LogP contribution in [0.4, 0.5) is 5.69 Å². The summed E-state index contributed by atoms with van der Waals surface area (Å²) in [6.07, 6.45) is 1.20. The molecule has 7 heteroatoms. The SMILES string of the molecule is Cc1cc(Oc2ncc([N+](=O)[O-])c(C)c2Br)ccc1Br. The van der Waals surface area contributed by atoms with Crippen molar-refractivity contribution in [2.24, 2.45) is 0 Å². The molecule has 0 fully saturated rings. The third-order valence-electron chi connectivity index (χ3n) is 2.75. The van der Waals surface area contributed by atoms with E-state index in [4.69, 9.17) is 4.74 Å². The lowest BCUT2D eigenvalue weighted by Crippen LogP contribution is -1.97. The Morgan fingerprint density at radius 3 is 2.60 bits per heavy atom. The summed E-state index contributed by atoms with van der Waals surface area (Å²) >= 11 is 6.70. The zero-order chi connectivity index (χ0) is 14.9. The minimum atomic E-state index is -0.472. The first-order valence-electron chi connectivity index (χ1n) is 5.63. The molecule has 0 bridgehead atoms. The highest BCUT2D eigenvalue weighted by Gasteiger charge is 2.18. The fourth-order valence-corrected chi connectivity index (χ4v) is 2.23. The quantitative estimate of drug-likeness (QED) is 0.540. The average molecular weight is 402 g/mol. The van der Waals surface area contributed by atoms with E-state index in [0.29, 0.717) is 21.7 Å². The summed E-state index contributed by atoms with van der Waals surface area (Å²) in [5, 5.41) is 10.8. The fourth-order valence-electron chi connectivity index (χ4n) is 1.59. The van der Waals surface area contributed by atoms with E-state index in [1.807, 2.05) is 19.1 Å². The van der Waals surface area contributed by atoms with Crippen LogP contribution in [0.2, 0.25) is 0 Å². The number of halogens is 2. The van der Waals surface area contributed by atoms with E-state index in [9.17, 15) is 10.1 Å². The lowest BCUT2D eigenvalue weighted by molar-refractivity contribution is -0.385. The van der Waals surface area contributed by atoms with Crippen molar-refractivity contribution in [2.75, 3.05) is 0 Å². The van der Waals surface area contributed by atoms with Gasteiger partial charge in [0.05, 0.1) is 9.40 Å². The highest BCUT2D eigenvalue weighted by Crippen LogP contribution is 2.35. The predicted octanol–water partition coefficient (Wildman–Crippen LogP) is 4.92. The van der Waals surface area contributed by atoms with Crippen LogP contribution in [0.15, 0.2) is 33.3 Å². The van der Waals surface area contributed by atoms with Crippen molar-refractivity contribution in [2.45, 2.75) is 13.8 Å². The smallest absolute Gasteiger partial charge is 0.291 e. The Hall–Kier alpha value is -1.47. The second kappa shape index (κ2) is 5.88. The van der Waals surface area contributed by atoms with Crippen molar-refractivity contribution in [3.63, 3.8) is 0 Å². The number of aryl methyl sites for hydroxylation is 1. The van der Waals surface area contributed by atoms with Gasteiger partial charge in [0.1, 0.15) is 11.9 Å². The predicted molar refractivity (Wildman–Crippen MR) is 82.3 cm³/mol. The van der Waals surface area contributed by atoms with Gasteiger partial charge < -0.3 is 4.74 Å². The van der Waals surface area contributed by atoms with Crippen LogP contribution in [0.5, 0.6) is 11.6 Å². The summed E-state index contributed by atoms with van der Waals surface area (Å²) in [6.45, 7) is 3.59. The van der Waals surface area contributed by atoms with Crippen molar-refractivity contribution < 1.29 is 9.66 Å². The number of ether oxygens (including phenoxy) is 1. The van der Waals surface area contributed by atoms with Crippen LogP contribution in [0, 0.1) is 24.0 Å². The molecule has 0 N–H and O–H groups in total. The molecular formula is C13H10Br2N2O3. The van der Waals surface area contributed by atoms with Crippen molar-refractivity contribution in [1.82, 2.24) is 4.98 Å². The van der Waals surface area contributed by atoms with Gasteiger partial charge in [0.15, 0.2) is 0 Å². The minimum absolute atomic E-state index is 0.0452. The number of nitrogens with zero attached hydrogens (tertiary/aromatic N) is 2. The van der Waals surface area contributed by atoms with Gasteiger partial charge in [-0.25, -0.2) is 4.98 Å². The molecule has 0 aliphatic rings. The Balaban J connectivity index is 2.37. The summed E-state index contributed by atoms with van der Waals surface area (Å²) in [5.74, 6) is 0.918. The molecule has 1 aromatic carbocycles. The van der Waals surface area contributed by atoms with Gasteiger partial charge in [-0.2, -0.15) is 0 Å². The second-order valence-corrected chi connectivity index (χ2v) is 5.81. The first kappa shape index (κ1) is 14.9. The zero-order valence-electron chi connectivity index (χ0n) is 10.7. The Kier molecular flexibility index (Phi) is 4.39. The molecule has 0 unspecified atom stereocenters.